The second kappa shape index (κ2) is 5.44. The Bertz CT molecular complexity index is 375. The second-order valence-electron chi connectivity index (χ2n) is 3.67. The normalized spacial score (nSPS) is 13.8. The average molecular weight is 254 g/mol. The molecule has 0 bridgehead atoms. The molecule has 0 radical (unpaired) electrons. The van der Waals surface area contributed by atoms with Gasteiger partial charge in [-0.3, -0.25) is 0 Å². The molecule has 0 saturated carbocycles. The fraction of sp³-hybridized carbons (Fsp3) is 0.455. The lowest BCUT2D eigenvalue weighted by Gasteiger charge is -2.12. The van der Waals surface area contributed by atoms with Crippen LogP contribution in [0.1, 0.15) is 30.9 Å². The van der Waals surface area contributed by atoms with Crippen LogP contribution < -0.4 is 0 Å². The van der Waals surface area contributed by atoms with Crippen molar-refractivity contribution >= 4 is 0 Å². The minimum Gasteiger partial charge on any atom is -0.388 e. The quantitative estimate of drug-likeness (QED) is 0.812. The molecule has 17 heavy (non-hydrogen) atoms. The van der Waals surface area contributed by atoms with Gasteiger partial charge in [-0.15, -0.1) is 0 Å². The zero-order valence-corrected chi connectivity index (χ0v) is 8.77. The maximum atomic E-state index is 13.2. The molecule has 0 aliphatic rings. The third kappa shape index (κ3) is 4.30. The average Bonchev–Trinajstić information content (AvgIpc) is 2.20. The van der Waals surface area contributed by atoms with Crippen molar-refractivity contribution in [3.8, 4) is 0 Å². The van der Waals surface area contributed by atoms with Gasteiger partial charge in [-0.05, 0) is 18.9 Å². The molecule has 0 aromatic heterocycles. The second-order valence-corrected chi connectivity index (χ2v) is 3.67. The molecule has 0 amide bonds. The van der Waals surface area contributed by atoms with Gasteiger partial charge in [0, 0.05) is 12.0 Å². The third-order valence-corrected chi connectivity index (χ3v) is 2.28. The molecule has 1 N–H and O–H groups in total. The van der Waals surface area contributed by atoms with Crippen LogP contribution in [0.3, 0.4) is 0 Å². The summed E-state index contributed by atoms with van der Waals surface area (Å²) in [6.07, 6.45) is -7.38. The number of alkyl halides is 3. The summed E-state index contributed by atoms with van der Waals surface area (Å²) in [6.45, 7) is 0. The zero-order chi connectivity index (χ0) is 13.1. The summed E-state index contributed by atoms with van der Waals surface area (Å²) in [5, 5.41) is 9.45. The van der Waals surface area contributed by atoms with Gasteiger partial charge in [0.25, 0.3) is 0 Å². The van der Waals surface area contributed by atoms with Crippen molar-refractivity contribution in [2.24, 2.45) is 0 Å². The van der Waals surface area contributed by atoms with Gasteiger partial charge in [0.05, 0.1) is 6.10 Å². The van der Waals surface area contributed by atoms with E-state index in [2.05, 4.69) is 0 Å². The van der Waals surface area contributed by atoms with Crippen molar-refractivity contribution < 1.29 is 27.1 Å². The predicted octanol–water partition coefficient (Wildman–Crippen LogP) is 3.73. The van der Waals surface area contributed by atoms with Crippen LogP contribution >= 0.6 is 0 Å². The summed E-state index contributed by atoms with van der Waals surface area (Å²) in [5.74, 6) is -2.34. The van der Waals surface area contributed by atoms with Crippen LogP contribution in [0.2, 0.25) is 0 Å². The Balaban J connectivity index is 2.58. The van der Waals surface area contributed by atoms with Crippen LogP contribution in [0.25, 0.3) is 0 Å². The van der Waals surface area contributed by atoms with E-state index in [1.165, 1.54) is 6.07 Å². The fourth-order valence-corrected chi connectivity index (χ4v) is 1.43. The maximum Gasteiger partial charge on any atom is 0.389 e. The number of halogens is 5. The molecule has 0 saturated heterocycles. The van der Waals surface area contributed by atoms with Gasteiger partial charge >= 0.3 is 6.18 Å². The van der Waals surface area contributed by atoms with Crippen molar-refractivity contribution in [2.45, 2.75) is 31.5 Å². The van der Waals surface area contributed by atoms with Crippen molar-refractivity contribution in [3.05, 3.63) is 35.4 Å². The molecule has 0 heterocycles. The lowest BCUT2D eigenvalue weighted by atomic mass is 10.0. The van der Waals surface area contributed by atoms with Crippen molar-refractivity contribution in [3.63, 3.8) is 0 Å². The van der Waals surface area contributed by atoms with Crippen molar-refractivity contribution in [1.29, 1.82) is 0 Å². The molecule has 0 spiro atoms. The molecule has 1 atom stereocenters. The molecule has 1 unspecified atom stereocenters. The van der Waals surface area contributed by atoms with E-state index in [1.807, 2.05) is 0 Å². The summed E-state index contributed by atoms with van der Waals surface area (Å²) in [4.78, 5) is 0. The summed E-state index contributed by atoms with van der Waals surface area (Å²) in [7, 11) is 0. The highest BCUT2D eigenvalue weighted by atomic mass is 19.4. The number of rotatable bonds is 4. The van der Waals surface area contributed by atoms with Crippen LogP contribution in [0.15, 0.2) is 18.2 Å². The van der Waals surface area contributed by atoms with E-state index in [4.69, 9.17) is 0 Å². The van der Waals surface area contributed by atoms with Gasteiger partial charge in [-0.2, -0.15) is 13.2 Å². The van der Waals surface area contributed by atoms with Crippen molar-refractivity contribution in [1.82, 2.24) is 0 Å². The zero-order valence-electron chi connectivity index (χ0n) is 8.77. The highest BCUT2D eigenvalue weighted by Gasteiger charge is 2.27. The van der Waals surface area contributed by atoms with Crippen LogP contribution in [-0.4, -0.2) is 11.3 Å². The first-order chi connectivity index (χ1) is 7.81. The van der Waals surface area contributed by atoms with Gasteiger partial charge in [0.15, 0.2) is 11.6 Å². The Morgan fingerprint density at radius 1 is 1.18 bits per heavy atom. The number of hydrogen-bond donors (Lipinski definition) is 1. The molecule has 1 nitrogen and oxygen atoms in total. The number of hydrogen-bond acceptors (Lipinski definition) is 1. The Kier molecular flexibility index (Phi) is 4.45. The number of aliphatic hydroxyl groups is 1. The van der Waals surface area contributed by atoms with Gasteiger partial charge in [0.2, 0.25) is 0 Å². The van der Waals surface area contributed by atoms with Crippen molar-refractivity contribution in [2.75, 3.05) is 0 Å². The summed E-state index contributed by atoms with van der Waals surface area (Å²) in [5.41, 5.74) is -0.313. The molecule has 0 fully saturated rings. The van der Waals surface area contributed by atoms with Crippen LogP contribution in [-0.2, 0) is 0 Å². The van der Waals surface area contributed by atoms with E-state index >= 15 is 0 Å². The minimum atomic E-state index is -4.31. The monoisotopic (exact) mass is 254 g/mol. The Morgan fingerprint density at radius 3 is 2.41 bits per heavy atom. The SMILES string of the molecule is OC(CCCC(F)(F)F)c1cccc(F)c1F. The Labute approximate surface area is 94.9 Å². The van der Waals surface area contributed by atoms with Crippen LogP contribution in [0.4, 0.5) is 22.0 Å². The molecule has 0 aliphatic heterocycles. The van der Waals surface area contributed by atoms with Gasteiger partial charge in [-0.25, -0.2) is 8.78 Å². The third-order valence-electron chi connectivity index (χ3n) is 2.28. The van der Waals surface area contributed by atoms with Gasteiger partial charge in [0.1, 0.15) is 0 Å². The lowest BCUT2D eigenvalue weighted by Crippen LogP contribution is -2.09. The predicted molar refractivity (Wildman–Crippen MR) is 51.2 cm³/mol. The molecular weight excluding hydrogens is 243 g/mol. The minimum absolute atomic E-state index is 0.264. The Hall–Kier alpha value is -1.17. The Morgan fingerprint density at radius 2 is 1.82 bits per heavy atom. The van der Waals surface area contributed by atoms with E-state index in [1.54, 1.807) is 0 Å². The number of aliphatic hydroxyl groups excluding tert-OH is 1. The van der Waals surface area contributed by atoms with E-state index in [9.17, 15) is 27.1 Å². The molecule has 1 aromatic rings. The summed E-state index contributed by atoms with van der Waals surface area (Å²) < 4.78 is 61.4. The highest BCUT2D eigenvalue weighted by Crippen LogP contribution is 2.27. The summed E-state index contributed by atoms with van der Waals surface area (Å²) in [6, 6.07) is 3.22. The molecule has 96 valence electrons. The molecule has 0 aliphatic carbocycles. The molecule has 1 rings (SSSR count). The van der Waals surface area contributed by atoms with Crippen LogP contribution in [0.5, 0.6) is 0 Å². The largest absolute Gasteiger partial charge is 0.389 e. The fourth-order valence-electron chi connectivity index (χ4n) is 1.43. The maximum absolute atomic E-state index is 13.2. The topological polar surface area (TPSA) is 20.2 Å². The van der Waals surface area contributed by atoms with Gasteiger partial charge < -0.3 is 5.11 Å². The lowest BCUT2D eigenvalue weighted by molar-refractivity contribution is -0.136. The standard InChI is InChI=1S/C11H11F5O/c12-8-4-1-3-7(10(8)13)9(17)5-2-6-11(14,15)16/h1,3-4,9,17H,2,5-6H2. The molecule has 1 aromatic carbocycles. The number of benzene rings is 1. The van der Waals surface area contributed by atoms with Gasteiger partial charge in [-0.1, -0.05) is 12.1 Å². The van der Waals surface area contributed by atoms with E-state index in [0.29, 0.717) is 0 Å². The van der Waals surface area contributed by atoms with E-state index < -0.39 is 30.3 Å². The first-order valence-corrected chi connectivity index (χ1v) is 5.00. The first kappa shape index (κ1) is 13.9. The van der Waals surface area contributed by atoms with Crippen LogP contribution in [0, 0.1) is 11.6 Å². The molecular formula is C11H11F5O. The van der Waals surface area contributed by atoms with E-state index in [0.717, 1.165) is 12.1 Å². The summed E-state index contributed by atoms with van der Waals surface area (Å²) >= 11 is 0. The molecule has 6 heteroatoms. The smallest absolute Gasteiger partial charge is 0.388 e. The first-order valence-electron chi connectivity index (χ1n) is 5.00. The highest BCUT2D eigenvalue weighted by molar-refractivity contribution is 5.21. The van der Waals surface area contributed by atoms with E-state index in [-0.39, 0.29) is 18.4 Å².